The molecule has 4 heteroatoms. The van der Waals surface area contributed by atoms with E-state index in [1.165, 1.54) is 31.2 Å². The van der Waals surface area contributed by atoms with Crippen LogP contribution in [-0.2, 0) is 9.53 Å². The number of carbonyl (C=O) groups is 1. The Labute approximate surface area is 126 Å². The number of cyclic esters (lactones) is 1. The van der Waals surface area contributed by atoms with Crippen molar-refractivity contribution in [2.45, 2.75) is 58.3 Å². The van der Waals surface area contributed by atoms with E-state index in [4.69, 9.17) is 4.74 Å². The zero-order chi connectivity index (χ0) is 16.0. The molecule has 4 atom stereocenters. The molecule has 0 radical (unpaired) electrons. The highest BCUT2D eigenvalue weighted by atomic mass is 16.5. The Morgan fingerprint density at radius 2 is 2.00 bits per heavy atom. The Morgan fingerprint density at radius 3 is 2.67 bits per heavy atom. The van der Waals surface area contributed by atoms with Crippen molar-refractivity contribution in [1.82, 2.24) is 0 Å². The number of hydrogen-bond donors (Lipinski definition) is 2. The molecule has 1 aliphatic heterocycles. The quantitative estimate of drug-likeness (QED) is 0.532. The van der Waals surface area contributed by atoms with Gasteiger partial charge in [-0.25, -0.2) is 4.79 Å². The van der Waals surface area contributed by atoms with Crippen LogP contribution in [0.3, 0.4) is 0 Å². The molecule has 118 valence electrons. The second-order valence-corrected chi connectivity index (χ2v) is 6.01. The predicted octanol–water partition coefficient (Wildman–Crippen LogP) is 2.52. The first-order valence-electron chi connectivity index (χ1n) is 7.37. The summed E-state index contributed by atoms with van der Waals surface area (Å²) < 4.78 is 5.32. The average molecular weight is 294 g/mol. The second kappa shape index (κ2) is 7.57. The van der Waals surface area contributed by atoms with E-state index in [9.17, 15) is 15.0 Å². The van der Waals surface area contributed by atoms with Gasteiger partial charge in [-0.05, 0) is 51.2 Å². The van der Waals surface area contributed by atoms with E-state index in [0.29, 0.717) is 0 Å². The molecule has 21 heavy (non-hydrogen) atoms. The minimum Gasteiger partial charge on any atom is -0.459 e. The minimum atomic E-state index is -1.31. The standard InChI is InChI=1S/C17H26O4/c1-12-6-5-7-13(2)15(18)8-10-17(4,20)11-9-16(19)21-14(12)3/h7-12,14-15,18,20H,5-6H2,1-4H3/b10-8-,11-9-,13-7-/t12-,14+,15-,17+/m0/s1. The van der Waals surface area contributed by atoms with E-state index in [2.05, 4.69) is 0 Å². The summed E-state index contributed by atoms with van der Waals surface area (Å²) in [6.45, 7) is 7.30. The third kappa shape index (κ3) is 6.27. The number of esters is 1. The summed E-state index contributed by atoms with van der Waals surface area (Å²) in [7, 11) is 0. The van der Waals surface area contributed by atoms with Crippen LogP contribution in [0.2, 0.25) is 0 Å². The molecule has 0 aromatic heterocycles. The largest absolute Gasteiger partial charge is 0.459 e. The van der Waals surface area contributed by atoms with Gasteiger partial charge in [-0.15, -0.1) is 0 Å². The molecule has 1 rings (SSSR count). The molecule has 2 N–H and O–H groups in total. The summed E-state index contributed by atoms with van der Waals surface area (Å²) in [5.41, 5.74) is -0.459. The smallest absolute Gasteiger partial charge is 0.330 e. The normalized spacial score (nSPS) is 41.3. The molecular formula is C17H26O4. The van der Waals surface area contributed by atoms with Crippen molar-refractivity contribution in [3.63, 3.8) is 0 Å². The molecule has 4 nitrogen and oxygen atoms in total. The van der Waals surface area contributed by atoms with Gasteiger partial charge in [-0.3, -0.25) is 0 Å². The third-order valence-corrected chi connectivity index (χ3v) is 3.83. The topological polar surface area (TPSA) is 66.8 Å². The van der Waals surface area contributed by atoms with Crippen molar-refractivity contribution in [2.75, 3.05) is 0 Å². The zero-order valence-electron chi connectivity index (χ0n) is 13.2. The van der Waals surface area contributed by atoms with Crippen LogP contribution in [0.15, 0.2) is 36.0 Å². The zero-order valence-corrected chi connectivity index (χ0v) is 13.2. The van der Waals surface area contributed by atoms with Crippen molar-refractivity contribution in [3.05, 3.63) is 36.0 Å². The van der Waals surface area contributed by atoms with Gasteiger partial charge >= 0.3 is 5.97 Å². The number of aliphatic hydroxyl groups is 2. The number of aliphatic hydroxyl groups excluding tert-OH is 1. The molecule has 0 saturated carbocycles. The first-order chi connectivity index (χ1) is 9.71. The Balaban J connectivity index is 2.99. The van der Waals surface area contributed by atoms with E-state index in [0.717, 1.165) is 18.4 Å². The highest BCUT2D eigenvalue weighted by molar-refractivity contribution is 5.82. The summed E-state index contributed by atoms with van der Waals surface area (Å²) in [4.78, 5) is 11.7. The van der Waals surface area contributed by atoms with Crippen molar-refractivity contribution in [2.24, 2.45) is 5.92 Å². The number of ether oxygens (including phenoxy) is 1. The fourth-order valence-electron chi connectivity index (χ4n) is 2.00. The van der Waals surface area contributed by atoms with Crippen LogP contribution in [-0.4, -0.2) is 34.0 Å². The first kappa shape index (κ1) is 17.7. The van der Waals surface area contributed by atoms with E-state index in [-0.39, 0.29) is 12.0 Å². The number of hydrogen-bond acceptors (Lipinski definition) is 4. The van der Waals surface area contributed by atoms with Gasteiger partial charge in [-0.1, -0.05) is 25.2 Å². The van der Waals surface area contributed by atoms with Crippen molar-refractivity contribution >= 4 is 5.97 Å². The van der Waals surface area contributed by atoms with Crippen LogP contribution >= 0.6 is 0 Å². The van der Waals surface area contributed by atoms with E-state index >= 15 is 0 Å². The SMILES string of the molecule is C/C1=C/CC[C@H](C)[C@@H](C)OC(=O)/C=C\[C@](C)(O)/C=C\[C@@H]1O. The van der Waals surface area contributed by atoms with Crippen LogP contribution in [0.1, 0.15) is 40.5 Å². The van der Waals surface area contributed by atoms with Crippen molar-refractivity contribution < 1.29 is 19.7 Å². The van der Waals surface area contributed by atoms with E-state index in [1.807, 2.05) is 26.8 Å². The molecule has 0 aromatic rings. The number of rotatable bonds is 0. The lowest BCUT2D eigenvalue weighted by Gasteiger charge is -2.20. The Morgan fingerprint density at radius 1 is 1.33 bits per heavy atom. The van der Waals surface area contributed by atoms with Crippen LogP contribution in [0.5, 0.6) is 0 Å². The van der Waals surface area contributed by atoms with Crippen molar-refractivity contribution in [3.8, 4) is 0 Å². The van der Waals surface area contributed by atoms with E-state index in [1.54, 1.807) is 0 Å². The summed E-state index contributed by atoms with van der Waals surface area (Å²) in [5.74, 6) is -0.241. The summed E-state index contributed by atoms with van der Waals surface area (Å²) >= 11 is 0. The summed E-state index contributed by atoms with van der Waals surface area (Å²) in [5, 5.41) is 20.1. The number of carbonyl (C=O) groups excluding carboxylic acids is 1. The van der Waals surface area contributed by atoms with Crippen LogP contribution in [0.4, 0.5) is 0 Å². The maximum Gasteiger partial charge on any atom is 0.330 e. The predicted molar refractivity (Wildman–Crippen MR) is 82.6 cm³/mol. The molecule has 1 heterocycles. The molecule has 0 saturated heterocycles. The third-order valence-electron chi connectivity index (χ3n) is 3.83. The molecule has 0 fully saturated rings. The lowest BCUT2D eigenvalue weighted by molar-refractivity contribution is -0.144. The van der Waals surface area contributed by atoms with Gasteiger partial charge in [0.25, 0.3) is 0 Å². The molecule has 0 aliphatic carbocycles. The molecule has 0 bridgehead atoms. The van der Waals surface area contributed by atoms with Gasteiger partial charge in [0.15, 0.2) is 0 Å². The molecule has 0 amide bonds. The first-order valence-corrected chi connectivity index (χ1v) is 7.37. The molecule has 0 unspecified atom stereocenters. The van der Waals surface area contributed by atoms with Gasteiger partial charge in [0, 0.05) is 6.08 Å². The Kier molecular flexibility index (Phi) is 6.37. The van der Waals surface area contributed by atoms with Gasteiger partial charge in [-0.2, -0.15) is 0 Å². The summed E-state index contributed by atoms with van der Waals surface area (Å²) in [6, 6.07) is 0. The summed E-state index contributed by atoms with van der Waals surface area (Å²) in [6.07, 6.45) is 8.34. The minimum absolute atomic E-state index is 0.191. The van der Waals surface area contributed by atoms with Gasteiger partial charge in [0.05, 0.1) is 11.7 Å². The van der Waals surface area contributed by atoms with Crippen LogP contribution in [0, 0.1) is 5.92 Å². The molecule has 0 spiro atoms. The van der Waals surface area contributed by atoms with Crippen LogP contribution in [0.25, 0.3) is 0 Å². The average Bonchev–Trinajstić information content (AvgIpc) is 2.41. The lowest BCUT2D eigenvalue weighted by atomic mass is 9.97. The molecular weight excluding hydrogens is 268 g/mol. The molecule has 0 aromatic carbocycles. The lowest BCUT2D eigenvalue weighted by Crippen LogP contribution is -2.23. The Hall–Kier alpha value is -1.39. The van der Waals surface area contributed by atoms with E-state index < -0.39 is 17.7 Å². The second-order valence-electron chi connectivity index (χ2n) is 6.01. The highest BCUT2D eigenvalue weighted by Crippen LogP contribution is 2.18. The monoisotopic (exact) mass is 294 g/mol. The Bertz CT molecular complexity index is 446. The van der Waals surface area contributed by atoms with Gasteiger partial charge < -0.3 is 14.9 Å². The maximum atomic E-state index is 11.7. The fraction of sp³-hybridized carbons (Fsp3) is 0.588. The van der Waals surface area contributed by atoms with Gasteiger partial charge in [0.2, 0.25) is 0 Å². The van der Waals surface area contributed by atoms with Gasteiger partial charge in [0.1, 0.15) is 6.10 Å². The fourth-order valence-corrected chi connectivity index (χ4v) is 2.00. The maximum absolute atomic E-state index is 11.7. The highest BCUT2D eigenvalue weighted by Gasteiger charge is 2.18. The van der Waals surface area contributed by atoms with Crippen LogP contribution < -0.4 is 0 Å². The molecule has 1 aliphatic rings. The number of allylic oxidation sites excluding steroid dienone is 1. The van der Waals surface area contributed by atoms with Crippen molar-refractivity contribution in [1.29, 1.82) is 0 Å².